The highest BCUT2D eigenvalue weighted by atomic mass is 35.5. The molecule has 0 aliphatic rings. The van der Waals surface area contributed by atoms with Crippen molar-refractivity contribution in [2.75, 3.05) is 6.61 Å². The molecule has 0 N–H and O–H groups in total. The molecule has 1 aromatic carbocycles. The van der Waals surface area contributed by atoms with E-state index in [2.05, 4.69) is 6.92 Å². The lowest BCUT2D eigenvalue weighted by atomic mass is 10.0. The van der Waals surface area contributed by atoms with Crippen LogP contribution in [0.3, 0.4) is 0 Å². The molecule has 0 fully saturated rings. The van der Waals surface area contributed by atoms with Gasteiger partial charge in [-0.05, 0) is 18.9 Å². The van der Waals surface area contributed by atoms with Crippen LogP contribution in [-0.2, 0) is 16.0 Å². The zero-order chi connectivity index (χ0) is 14.1. The predicted molar refractivity (Wildman–Crippen MR) is 79.5 cm³/mol. The van der Waals surface area contributed by atoms with Crippen LogP contribution >= 0.6 is 11.6 Å². The molecule has 1 rings (SSSR count). The number of hydrogen-bond acceptors (Lipinski definition) is 2. The average Bonchev–Trinajstić information content (AvgIpc) is 2.39. The minimum atomic E-state index is -0.980. The Hall–Kier alpha value is -1.02. The van der Waals surface area contributed by atoms with E-state index in [1.54, 1.807) is 6.92 Å². The number of carbonyl (C=O) groups excluding carboxylic acids is 1. The highest BCUT2D eigenvalue weighted by Gasteiger charge is 2.32. The van der Waals surface area contributed by atoms with Gasteiger partial charge in [-0.3, -0.25) is 4.79 Å². The van der Waals surface area contributed by atoms with Crippen LogP contribution in [0.15, 0.2) is 30.3 Å². The summed E-state index contributed by atoms with van der Waals surface area (Å²) in [5.41, 5.74) is 1.04. The third-order valence-electron chi connectivity index (χ3n) is 3.04. The van der Waals surface area contributed by atoms with E-state index in [0.29, 0.717) is 13.0 Å². The Morgan fingerprint density at radius 2 is 1.89 bits per heavy atom. The fourth-order valence-electron chi connectivity index (χ4n) is 1.90. The molecular weight excluding hydrogens is 260 g/mol. The number of carbonyl (C=O) groups is 1. The monoisotopic (exact) mass is 282 g/mol. The van der Waals surface area contributed by atoms with E-state index < -0.39 is 4.87 Å². The van der Waals surface area contributed by atoms with Gasteiger partial charge in [0.25, 0.3) is 0 Å². The van der Waals surface area contributed by atoms with Gasteiger partial charge >= 0.3 is 5.97 Å². The summed E-state index contributed by atoms with van der Waals surface area (Å²) in [5, 5.41) is 0. The molecule has 0 aliphatic heterocycles. The van der Waals surface area contributed by atoms with Crippen molar-refractivity contribution < 1.29 is 9.53 Å². The molecule has 0 spiro atoms. The van der Waals surface area contributed by atoms with Crippen molar-refractivity contribution in [3.8, 4) is 0 Å². The van der Waals surface area contributed by atoms with E-state index in [1.807, 2.05) is 30.3 Å². The molecule has 106 valence electrons. The van der Waals surface area contributed by atoms with Crippen LogP contribution in [0.4, 0.5) is 0 Å². The zero-order valence-corrected chi connectivity index (χ0v) is 12.6. The third kappa shape index (κ3) is 6.11. The lowest BCUT2D eigenvalue weighted by Crippen LogP contribution is -2.33. The molecule has 1 atom stereocenters. The van der Waals surface area contributed by atoms with Gasteiger partial charge in [0.05, 0.1) is 6.61 Å². The minimum Gasteiger partial charge on any atom is -0.464 e. The van der Waals surface area contributed by atoms with Crippen LogP contribution < -0.4 is 0 Å². The van der Waals surface area contributed by atoms with Gasteiger partial charge in [0.1, 0.15) is 4.87 Å². The van der Waals surface area contributed by atoms with E-state index >= 15 is 0 Å². The molecule has 0 saturated carbocycles. The van der Waals surface area contributed by atoms with E-state index in [1.165, 1.54) is 12.8 Å². The summed E-state index contributed by atoms with van der Waals surface area (Å²) in [5.74, 6) is -0.325. The van der Waals surface area contributed by atoms with Crippen molar-refractivity contribution in [1.29, 1.82) is 0 Å². The molecule has 0 aromatic heterocycles. The van der Waals surface area contributed by atoms with Gasteiger partial charge in [0, 0.05) is 6.42 Å². The van der Waals surface area contributed by atoms with Crippen molar-refractivity contribution in [1.82, 2.24) is 0 Å². The number of halogens is 1. The highest BCUT2D eigenvalue weighted by Crippen LogP contribution is 2.22. The van der Waals surface area contributed by atoms with Crippen molar-refractivity contribution in [3.05, 3.63) is 35.9 Å². The van der Waals surface area contributed by atoms with E-state index in [4.69, 9.17) is 16.3 Å². The molecule has 2 nitrogen and oxygen atoms in total. The standard InChI is InChI=1S/C16H23ClO2/c1-3-4-5-9-12-19-15(18)16(2,17)13-14-10-7-6-8-11-14/h6-8,10-11H,3-5,9,12-13H2,1-2H3/t16-/m0/s1. The summed E-state index contributed by atoms with van der Waals surface area (Å²) in [4.78, 5) is 11.0. The fraction of sp³-hybridized carbons (Fsp3) is 0.562. The van der Waals surface area contributed by atoms with E-state index in [9.17, 15) is 4.79 Å². The predicted octanol–water partition coefficient (Wildman–Crippen LogP) is 4.35. The summed E-state index contributed by atoms with van der Waals surface area (Å²) in [6.07, 6.45) is 4.86. The summed E-state index contributed by atoms with van der Waals surface area (Å²) in [7, 11) is 0. The van der Waals surface area contributed by atoms with Crippen LogP contribution in [0.2, 0.25) is 0 Å². The van der Waals surface area contributed by atoms with Gasteiger partial charge in [-0.25, -0.2) is 0 Å². The molecule has 0 radical (unpaired) electrons. The Morgan fingerprint density at radius 3 is 2.53 bits per heavy atom. The highest BCUT2D eigenvalue weighted by molar-refractivity contribution is 6.33. The van der Waals surface area contributed by atoms with Crippen LogP contribution in [0.25, 0.3) is 0 Å². The molecule has 19 heavy (non-hydrogen) atoms. The number of ether oxygens (including phenoxy) is 1. The molecule has 1 aromatic rings. The molecular formula is C16H23ClO2. The summed E-state index contributed by atoms with van der Waals surface area (Å²) < 4.78 is 5.25. The van der Waals surface area contributed by atoms with Crippen molar-refractivity contribution >= 4 is 17.6 Å². The maximum atomic E-state index is 11.9. The molecule has 0 unspecified atom stereocenters. The molecule has 0 aliphatic carbocycles. The number of hydrogen-bond donors (Lipinski definition) is 0. The molecule has 3 heteroatoms. The van der Waals surface area contributed by atoms with Crippen LogP contribution in [-0.4, -0.2) is 17.5 Å². The van der Waals surface area contributed by atoms with E-state index in [-0.39, 0.29) is 5.97 Å². The van der Waals surface area contributed by atoms with Gasteiger partial charge in [-0.15, -0.1) is 11.6 Å². The maximum absolute atomic E-state index is 11.9. The first-order valence-corrected chi connectivity index (χ1v) is 7.34. The number of unbranched alkanes of at least 4 members (excludes halogenated alkanes) is 3. The zero-order valence-electron chi connectivity index (χ0n) is 11.8. The van der Waals surface area contributed by atoms with Gasteiger partial charge < -0.3 is 4.74 Å². The van der Waals surface area contributed by atoms with Crippen molar-refractivity contribution in [3.63, 3.8) is 0 Å². The van der Waals surface area contributed by atoms with Crippen molar-refractivity contribution in [2.24, 2.45) is 0 Å². The van der Waals surface area contributed by atoms with Crippen LogP contribution in [0, 0.1) is 0 Å². The summed E-state index contributed by atoms with van der Waals surface area (Å²) >= 11 is 6.29. The van der Waals surface area contributed by atoms with Gasteiger partial charge in [0.2, 0.25) is 0 Å². The second kappa shape index (κ2) is 8.21. The number of rotatable bonds is 8. The number of alkyl halides is 1. The summed E-state index contributed by atoms with van der Waals surface area (Å²) in [6, 6.07) is 9.77. The molecule has 0 heterocycles. The van der Waals surface area contributed by atoms with Gasteiger partial charge in [-0.2, -0.15) is 0 Å². The first-order chi connectivity index (χ1) is 9.06. The summed E-state index contributed by atoms with van der Waals surface area (Å²) in [6.45, 7) is 4.34. The fourth-order valence-corrected chi connectivity index (χ4v) is 2.10. The first kappa shape index (κ1) is 16.0. The van der Waals surface area contributed by atoms with Crippen LogP contribution in [0.5, 0.6) is 0 Å². The molecule has 0 saturated heterocycles. The normalized spacial score (nSPS) is 13.8. The lowest BCUT2D eigenvalue weighted by Gasteiger charge is -2.20. The second-order valence-electron chi connectivity index (χ2n) is 5.06. The molecule has 0 bridgehead atoms. The number of benzene rings is 1. The quantitative estimate of drug-likeness (QED) is 0.402. The SMILES string of the molecule is CCCCCCOC(=O)[C@@](C)(Cl)Cc1ccccc1. The Labute approximate surface area is 121 Å². The number of esters is 1. The van der Waals surface area contributed by atoms with Crippen molar-refractivity contribution in [2.45, 2.75) is 50.8 Å². The smallest absolute Gasteiger partial charge is 0.327 e. The van der Waals surface area contributed by atoms with Gasteiger partial charge in [0.15, 0.2) is 0 Å². The lowest BCUT2D eigenvalue weighted by molar-refractivity contribution is -0.146. The topological polar surface area (TPSA) is 26.3 Å². The Bertz CT molecular complexity index is 374. The maximum Gasteiger partial charge on any atom is 0.327 e. The largest absolute Gasteiger partial charge is 0.464 e. The first-order valence-electron chi connectivity index (χ1n) is 6.96. The Kier molecular flexibility index (Phi) is 6.93. The third-order valence-corrected chi connectivity index (χ3v) is 3.32. The Morgan fingerprint density at radius 1 is 1.21 bits per heavy atom. The molecule has 0 amide bonds. The van der Waals surface area contributed by atoms with Gasteiger partial charge in [-0.1, -0.05) is 56.5 Å². The minimum absolute atomic E-state index is 0.325. The Balaban J connectivity index is 2.37. The van der Waals surface area contributed by atoms with E-state index in [0.717, 1.165) is 18.4 Å². The van der Waals surface area contributed by atoms with Crippen LogP contribution in [0.1, 0.15) is 45.1 Å². The average molecular weight is 283 g/mol. The second-order valence-corrected chi connectivity index (χ2v) is 5.89.